The Morgan fingerprint density at radius 2 is 1.81 bits per heavy atom. The predicted octanol–water partition coefficient (Wildman–Crippen LogP) is 3.71. The van der Waals surface area contributed by atoms with E-state index in [4.69, 9.17) is 4.74 Å². The number of rotatable bonds is 7. The standard InChI is InChI=1S/C21H24FN3O5S/c22-17-6-4-16(5-7-17)21(15-2-1-3-15)23-19-9-8-18(25(26)27)14-20(19)31(28,29)24-10-12-30-13-11-24/h4-9,14-15,21,23H,1-3,10-13H2. The molecule has 1 aliphatic heterocycles. The van der Waals surface area contributed by atoms with Crippen LogP contribution in [0.1, 0.15) is 30.9 Å². The minimum absolute atomic E-state index is 0.130. The maximum absolute atomic E-state index is 13.4. The van der Waals surface area contributed by atoms with Gasteiger partial charge in [0, 0.05) is 25.2 Å². The number of non-ortho nitro benzene ring substituents is 1. The first-order valence-electron chi connectivity index (χ1n) is 10.2. The Bertz CT molecular complexity index is 1050. The number of nitrogens with one attached hydrogen (secondary N) is 1. The molecule has 1 aliphatic carbocycles. The first kappa shape index (κ1) is 21.7. The van der Waals surface area contributed by atoms with E-state index in [0.29, 0.717) is 5.69 Å². The van der Waals surface area contributed by atoms with E-state index in [0.717, 1.165) is 30.9 Å². The molecule has 2 aromatic carbocycles. The maximum Gasteiger partial charge on any atom is 0.270 e. The van der Waals surface area contributed by atoms with Gasteiger partial charge >= 0.3 is 0 Å². The number of hydrogen-bond donors (Lipinski definition) is 1. The number of anilines is 1. The second-order valence-corrected chi connectivity index (χ2v) is 9.72. The Morgan fingerprint density at radius 3 is 2.39 bits per heavy atom. The number of ether oxygens (including phenoxy) is 1. The molecule has 31 heavy (non-hydrogen) atoms. The summed E-state index contributed by atoms with van der Waals surface area (Å²) in [5.41, 5.74) is 0.858. The molecule has 1 atom stereocenters. The molecule has 2 fully saturated rings. The lowest BCUT2D eigenvalue weighted by Gasteiger charge is -2.36. The van der Waals surface area contributed by atoms with E-state index in [1.807, 2.05) is 0 Å². The van der Waals surface area contributed by atoms with Crippen LogP contribution in [0.15, 0.2) is 47.4 Å². The summed E-state index contributed by atoms with van der Waals surface area (Å²) < 4.78 is 46.7. The van der Waals surface area contributed by atoms with Gasteiger partial charge < -0.3 is 10.1 Å². The monoisotopic (exact) mass is 449 g/mol. The molecule has 1 N–H and O–H groups in total. The summed E-state index contributed by atoms with van der Waals surface area (Å²) in [5.74, 6) is -0.0818. The molecule has 1 unspecified atom stereocenters. The second kappa shape index (κ2) is 8.89. The minimum atomic E-state index is -3.97. The highest BCUT2D eigenvalue weighted by molar-refractivity contribution is 7.89. The van der Waals surface area contributed by atoms with Gasteiger partial charge in [0.05, 0.1) is 29.9 Å². The molecule has 10 heteroatoms. The Kier molecular flexibility index (Phi) is 6.22. The van der Waals surface area contributed by atoms with Crippen molar-refractivity contribution in [3.63, 3.8) is 0 Å². The zero-order chi connectivity index (χ0) is 22.0. The van der Waals surface area contributed by atoms with Gasteiger partial charge in [0.2, 0.25) is 10.0 Å². The molecule has 2 aromatic rings. The topological polar surface area (TPSA) is 102 Å². The summed E-state index contributed by atoms with van der Waals surface area (Å²) in [7, 11) is -3.97. The van der Waals surface area contributed by atoms with Gasteiger partial charge in [0.15, 0.2) is 0 Å². The van der Waals surface area contributed by atoms with Gasteiger partial charge in [-0.3, -0.25) is 10.1 Å². The number of nitrogens with zero attached hydrogens (tertiary/aromatic N) is 2. The van der Waals surface area contributed by atoms with Crippen molar-refractivity contribution in [2.75, 3.05) is 31.6 Å². The van der Waals surface area contributed by atoms with Gasteiger partial charge in [-0.15, -0.1) is 0 Å². The molecule has 1 saturated heterocycles. The fraction of sp³-hybridized carbons (Fsp3) is 0.429. The van der Waals surface area contributed by atoms with Crippen LogP contribution in [-0.4, -0.2) is 43.9 Å². The number of hydrogen-bond acceptors (Lipinski definition) is 6. The Balaban J connectivity index is 1.74. The van der Waals surface area contributed by atoms with Crippen LogP contribution in [0, 0.1) is 21.8 Å². The molecule has 1 saturated carbocycles. The van der Waals surface area contributed by atoms with Gasteiger partial charge in [0.1, 0.15) is 10.7 Å². The number of nitro groups is 1. The zero-order valence-corrected chi connectivity index (χ0v) is 17.7. The molecule has 0 amide bonds. The highest BCUT2D eigenvalue weighted by Gasteiger charge is 2.33. The van der Waals surface area contributed by atoms with Crippen LogP contribution in [0.25, 0.3) is 0 Å². The Labute approximate surface area is 180 Å². The van der Waals surface area contributed by atoms with Crippen molar-refractivity contribution < 1.29 is 22.5 Å². The SMILES string of the molecule is O=[N+]([O-])c1ccc(NC(c2ccc(F)cc2)C2CCC2)c(S(=O)(=O)N2CCOCC2)c1. The van der Waals surface area contributed by atoms with E-state index >= 15 is 0 Å². The third-order valence-electron chi connectivity index (χ3n) is 5.93. The largest absolute Gasteiger partial charge is 0.379 e. The van der Waals surface area contributed by atoms with Crippen LogP contribution in [0.4, 0.5) is 15.8 Å². The predicted molar refractivity (Wildman–Crippen MR) is 113 cm³/mol. The van der Waals surface area contributed by atoms with Gasteiger partial charge in [0.25, 0.3) is 5.69 Å². The van der Waals surface area contributed by atoms with Crippen LogP contribution in [0.2, 0.25) is 0 Å². The number of benzene rings is 2. The molecule has 2 aliphatic rings. The van der Waals surface area contributed by atoms with Crippen LogP contribution in [0.5, 0.6) is 0 Å². The minimum Gasteiger partial charge on any atom is -0.379 e. The van der Waals surface area contributed by atoms with Crippen LogP contribution >= 0.6 is 0 Å². The van der Waals surface area contributed by atoms with Gasteiger partial charge in [-0.25, -0.2) is 12.8 Å². The molecule has 166 valence electrons. The summed E-state index contributed by atoms with van der Waals surface area (Å²) in [5, 5.41) is 14.6. The fourth-order valence-corrected chi connectivity index (χ4v) is 5.55. The van der Waals surface area contributed by atoms with E-state index in [2.05, 4.69) is 5.32 Å². The number of halogens is 1. The number of morpholine rings is 1. The van der Waals surface area contributed by atoms with E-state index in [9.17, 15) is 22.9 Å². The summed E-state index contributed by atoms with van der Waals surface area (Å²) in [6, 6.07) is 9.75. The van der Waals surface area contributed by atoms with E-state index in [1.54, 1.807) is 12.1 Å². The maximum atomic E-state index is 13.4. The molecule has 0 spiro atoms. The highest BCUT2D eigenvalue weighted by atomic mass is 32.2. The third-order valence-corrected chi connectivity index (χ3v) is 7.86. The summed E-state index contributed by atoms with van der Waals surface area (Å²) in [6.07, 6.45) is 3.00. The second-order valence-electron chi connectivity index (χ2n) is 7.82. The van der Waals surface area contributed by atoms with Crippen LogP contribution < -0.4 is 5.32 Å². The van der Waals surface area contributed by atoms with E-state index < -0.39 is 14.9 Å². The lowest BCUT2D eigenvalue weighted by Crippen LogP contribution is -2.41. The van der Waals surface area contributed by atoms with Crippen molar-refractivity contribution in [2.45, 2.75) is 30.2 Å². The Morgan fingerprint density at radius 1 is 1.13 bits per heavy atom. The van der Waals surface area contributed by atoms with Gasteiger partial charge in [-0.05, 0) is 42.5 Å². The van der Waals surface area contributed by atoms with Crippen LogP contribution in [-0.2, 0) is 14.8 Å². The van der Waals surface area contributed by atoms with Gasteiger partial charge in [-0.1, -0.05) is 18.6 Å². The molecular weight excluding hydrogens is 425 g/mol. The van der Waals surface area contributed by atoms with Crippen molar-refractivity contribution in [1.82, 2.24) is 4.31 Å². The Hall–Kier alpha value is -2.56. The molecule has 0 aromatic heterocycles. The van der Waals surface area contributed by atoms with Crippen molar-refractivity contribution in [3.05, 3.63) is 64.0 Å². The van der Waals surface area contributed by atoms with Gasteiger partial charge in [-0.2, -0.15) is 4.31 Å². The average molecular weight is 450 g/mol. The quantitative estimate of drug-likeness (QED) is 0.511. The molecule has 8 nitrogen and oxygen atoms in total. The molecule has 0 bridgehead atoms. The van der Waals surface area contributed by atoms with E-state index in [1.165, 1.54) is 28.6 Å². The lowest BCUT2D eigenvalue weighted by atomic mass is 9.77. The summed E-state index contributed by atoms with van der Waals surface area (Å²) in [6.45, 7) is 0.928. The number of nitro benzene ring substituents is 1. The molecular formula is C21H24FN3O5S. The van der Waals surface area contributed by atoms with Crippen molar-refractivity contribution >= 4 is 21.4 Å². The lowest BCUT2D eigenvalue weighted by molar-refractivity contribution is -0.385. The molecule has 4 rings (SSSR count). The van der Waals surface area contributed by atoms with E-state index in [-0.39, 0.29) is 54.7 Å². The highest BCUT2D eigenvalue weighted by Crippen LogP contribution is 2.41. The van der Waals surface area contributed by atoms with Crippen molar-refractivity contribution in [2.24, 2.45) is 5.92 Å². The summed E-state index contributed by atoms with van der Waals surface area (Å²) in [4.78, 5) is 10.6. The average Bonchev–Trinajstić information content (AvgIpc) is 2.73. The van der Waals surface area contributed by atoms with Crippen molar-refractivity contribution in [1.29, 1.82) is 0 Å². The zero-order valence-electron chi connectivity index (χ0n) is 16.9. The third kappa shape index (κ3) is 4.56. The van der Waals surface area contributed by atoms with Crippen LogP contribution in [0.3, 0.4) is 0 Å². The number of sulfonamides is 1. The normalized spacial score (nSPS) is 18.9. The summed E-state index contributed by atoms with van der Waals surface area (Å²) >= 11 is 0. The first-order valence-corrected chi connectivity index (χ1v) is 11.7. The molecule has 1 heterocycles. The first-order chi connectivity index (χ1) is 14.9. The van der Waals surface area contributed by atoms with Crippen molar-refractivity contribution in [3.8, 4) is 0 Å². The molecule has 0 radical (unpaired) electrons. The smallest absolute Gasteiger partial charge is 0.270 e. The fourth-order valence-electron chi connectivity index (χ4n) is 3.97.